The van der Waals surface area contributed by atoms with Crippen molar-refractivity contribution in [3.63, 3.8) is 0 Å². The van der Waals surface area contributed by atoms with Gasteiger partial charge in [0.2, 0.25) is 0 Å². The smallest absolute Gasteiger partial charge is 0.195 e. The summed E-state index contributed by atoms with van der Waals surface area (Å²) in [6.45, 7) is 3.82. The van der Waals surface area contributed by atoms with E-state index in [9.17, 15) is 0 Å². The van der Waals surface area contributed by atoms with Gasteiger partial charge in [-0.1, -0.05) is 6.07 Å². The Morgan fingerprint density at radius 2 is 2.10 bits per heavy atom. The zero-order chi connectivity index (χ0) is 14.9. The van der Waals surface area contributed by atoms with Gasteiger partial charge in [0.25, 0.3) is 0 Å². The number of hydrogen-bond donors (Lipinski definition) is 0. The molecule has 0 aliphatic carbocycles. The van der Waals surface area contributed by atoms with Gasteiger partial charge < -0.3 is 4.74 Å². The first-order valence-corrected chi connectivity index (χ1v) is 7.31. The molecule has 21 heavy (non-hydrogen) atoms. The summed E-state index contributed by atoms with van der Waals surface area (Å²) >= 11 is 1.48. The van der Waals surface area contributed by atoms with Crippen LogP contribution in [-0.2, 0) is 0 Å². The second-order valence-electron chi connectivity index (χ2n) is 5.06. The molecule has 0 N–H and O–H groups in total. The highest BCUT2D eigenvalue weighted by Crippen LogP contribution is 2.36. The summed E-state index contributed by atoms with van der Waals surface area (Å²) in [7, 11) is 0. The van der Waals surface area contributed by atoms with Crippen LogP contribution in [0.4, 0.5) is 0 Å². The van der Waals surface area contributed by atoms with E-state index in [0.29, 0.717) is 5.56 Å². The number of nitrogens with zero attached hydrogens (tertiary/aromatic N) is 3. The van der Waals surface area contributed by atoms with Gasteiger partial charge in [0.05, 0.1) is 17.2 Å². The number of nitriles is 1. The van der Waals surface area contributed by atoms with Crippen LogP contribution in [0.15, 0.2) is 52.6 Å². The van der Waals surface area contributed by atoms with Crippen LogP contribution in [-0.4, -0.2) is 15.8 Å². The van der Waals surface area contributed by atoms with E-state index in [-0.39, 0.29) is 0 Å². The Labute approximate surface area is 127 Å². The second-order valence-corrected chi connectivity index (χ2v) is 6.07. The van der Waals surface area contributed by atoms with E-state index >= 15 is 0 Å². The third-order valence-corrected chi connectivity index (χ3v) is 3.86. The van der Waals surface area contributed by atoms with Crippen molar-refractivity contribution >= 4 is 16.8 Å². The fourth-order valence-electron chi connectivity index (χ4n) is 2.04. The lowest BCUT2D eigenvalue weighted by molar-refractivity contribution is 0.116. The van der Waals surface area contributed by atoms with Crippen LogP contribution in [0.3, 0.4) is 0 Å². The molecule has 0 unspecified atom stereocenters. The molecule has 0 radical (unpaired) electrons. The number of ether oxygens (including phenoxy) is 1. The summed E-state index contributed by atoms with van der Waals surface area (Å²) in [6, 6.07) is 13.3. The molecule has 0 spiro atoms. The fourth-order valence-corrected chi connectivity index (χ4v) is 3.03. The molecule has 5 heteroatoms. The predicted molar refractivity (Wildman–Crippen MR) is 82.5 cm³/mol. The zero-order valence-corrected chi connectivity index (χ0v) is 12.5. The molecule has 4 nitrogen and oxygen atoms in total. The molecule has 1 aliphatic rings. The minimum Gasteiger partial charge on any atom is -0.466 e. The van der Waals surface area contributed by atoms with Crippen LogP contribution >= 0.6 is 11.8 Å². The van der Waals surface area contributed by atoms with Crippen LogP contribution in [0.5, 0.6) is 5.75 Å². The molecular formula is C16H13N3OS. The summed E-state index contributed by atoms with van der Waals surface area (Å²) in [5.41, 5.74) is 0.800. The van der Waals surface area contributed by atoms with Gasteiger partial charge in [-0.2, -0.15) is 5.26 Å². The van der Waals surface area contributed by atoms with Crippen molar-refractivity contribution in [2.24, 2.45) is 4.99 Å². The van der Waals surface area contributed by atoms with Crippen LogP contribution in [0, 0.1) is 11.3 Å². The van der Waals surface area contributed by atoms with Gasteiger partial charge in [0.1, 0.15) is 15.8 Å². The van der Waals surface area contributed by atoms with E-state index in [1.165, 1.54) is 11.8 Å². The van der Waals surface area contributed by atoms with Crippen molar-refractivity contribution in [1.29, 1.82) is 5.26 Å². The molecule has 2 heterocycles. The van der Waals surface area contributed by atoms with Crippen LogP contribution < -0.4 is 4.74 Å². The molecular weight excluding hydrogens is 282 g/mol. The molecule has 104 valence electrons. The molecule has 0 bridgehead atoms. The normalized spacial score (nSPS) is 15.4. The molecule has 0 atom stereocenters. The first-order chi connectivity index (χ1) is 10.1. The van der Waals surface area contributed by atoms with Crippen LogP contribution in [0.1, 0.15) is 25.0 Å². The molecule has 1 aromatic heterocycles. The highest BCUT2D eigenvalue weighted by atomic mass is 32.2. The maximum Gasteiger partial charge on any atom is 0.195 e. The first-order valence-electron chi connectivity index (χ1n) is 6.50. The standard InChI is InChI=1S/C16H13N3OS/c1-16(2)19-15(21-14-5-3-4-8-18-14)12-9-11(10-17)6-7-13(12)20-16/h3-9H,1-2H3. The topological polar surface area (TPSA) is 58.3 Å². The first kappa shape index (κ1) is 13.7. The molecule has 3 rings (SSSR count). The number of rotatable bonds is 1. The highest BCUT2D eigenvalue weighted by Gasteiger charge is 2.28. The molecule has 0 saturated heterocycles. The maximum atomic E-state index is 9.07. The number of pyridine rings is 1. The Bertz CT molecular complexity index is 748. The number of hydrogen-bond acceptors (Lipinski definition) is 5. The molecule has 0 fully saturated rings. The van der Waals surface area contributed by atoms with E-state index in [0.717, 1.165) is 21.4 Å². The predicted octanol–water partition coefficient (Wildman–Crippen LogP) is 3.62. The third kappa shape index (κ3) is 2.91. The second kappa shape index (κ2) is 5.23. The number of fused-ring (bicyclic) bond motifs is 1. The van der Waals surface area contributed by atoms with Gasteiger partial charge >= 0.3 is 0 Å². The molecule has 1 aromatic carbocycles. The van der Waals surface area contributed by atoms with E-state index in [2.05, 4.69) is 16.0 Å². The zero-order valence-electron chi connectivity index (χ0n) is 11.7. The van der Waals surface area contributed by atoms with Crippen molar-refractivity contribution in [3.05, 3.63) is 53.7 Å². The van der Waals surface area contributed by atoms with Crippen molar-refractivity contribution in [2.45, 2.75) is 24.6 Å². The van der Waals surface area contributed by atoms with Crippen molar-refractivity contribution in [1.82, 2.24) is 4.98 Å². The van der Waals surface area contributed by atoms with Gasteiger partial charge in [-0.05, 0) is 55.9 Å². The van der Waals surface area contributed by atoms with Crippen molar-refractivity contribution < 1.29 is 4.74 Å². The van der Waals surface area contributed by atoms with Gasteiger partial charge in [-0.25, -0.2) is 9.98 Å². The Hall–Kier alpha value is -2.32. The molecule has 0 amide bonds. The van der Waals surface area contributed by atoms with Crippen molar-refractivity contribution in [3.8, 4) is 11.8 Å². The third-order valence-electron chi connectivity index (χ3n) is 2.91. The summed E-state index contributed by atoms with van der Waals surface area (Å²) in [4.78, 5) is 8.95. The maximum absolute atomic E-state index is 9.07. The minimum absolute atomic E-state index is 0.589. The molecule has 2 aromatic rings. The Morgan fingerprint density at radius 1 is 1.24 bits per heavy atom. The lowest BCUT2D eigenvalue weighted by Crippen LogP contribution is -2.31. The minimum atomic E-state index is -0.627. The van der Waals surface area contributed by atoms with Crippen molar-refractivity contribution in [2.75, 3.05) is 0 Å². The van der Waals surface area contributed by atoms with Gasteiger partial charge in [0, 0.05) is 6.20 Å². The lowest BCUT2D eigenvalue weighted by Gasteiger charge is -2.29. The number of benzene rings is 1. The Balaban J connectivity index is 2.05. The largest absolute Gasteiger partial charge is 0.466 e. The van der Waals surface area contributed by atoms with Gasteiger partial charge in [0.15, 0.2) is 5.72 Å². The molecule has 0 saturated carbocycles. The van der Waals surface area contributed by atoms with E-state index in [1.54, 1.807) is 18.3 Å². The number of thioether (sulfide) groups is 1. The van der Waals surface area contributed by atoms with Crippen LogP contribution in [0.2, 0.25) is 0 Å². The lowest BCUT2D eigenvalue weighted by atomic mass is 10.1. The van der Waals surface area contributed by atoms with E-state index in [1.807, 2.05) is 38.1 Å². The summed E-state index contributed by atoms with van der Waals surface area (Å²) < 4.78 is 5.86. The fraction of sp³-hybridized carbons (Fsp3) is 0.188. The Kier molecular flexibility index (Phi) is 3.40. The highest BCUT2D eigenvalue weighted by molar-refractivity contribution is 8.14. The average molecular weight is 295 g/mol. The summed E-state index contributed by atoms with van der Waals surface area (Å²) in [6.07, 6.45) is 1.75. The quantitative estimate of drug-likeness (QED) is 0.806. The summed E-state index contributed by atoms with van der Waals surface area (Å²) in [5.74, 6) is 0.743. The Morgan fingerprint density at radius 3 is 2.81 bits per heavy atom. The van der Waals surface area contributed by atoms with Gasteiger partial charge in [-0.3, -0.25) is 0 Å². The number of aromatic nitrogens is 1. The number of aliphatic imine (C=N–C) groups is 1. The van der Waals surface area contributed by atoms with E-state index < -0.39 is 5.72 Å². The summed E-state index contributed by atoms with van der Waals surface area (Å²) in [5, 5.41) is 10.7. The monoisotopic (exact) mass is 295 g/mol. The molecule has 1 aliphatic heterocycles. The van der Waals surface area contributed by atoms with Gasteiger partial charge in [-0.15, -0.1) is 0 Å². The SMILES string of the molecule is CC1(C)N=C(Sc2ccccn2)c2cc(C#N)ccc2O1. The average Bonchev–Trinajstić information content (AvgIpc) is 2.47. The van der Waals surface area contributed by atoms with Crippen LogP contribution in [0.25, 0.3) is 0 Å². The van der Waals surface area contributed by atoms with E-state index in [4.69, 9.17) is 10.00 Å².